The van der Waals surface area contributed by atoms with Crippen LogP contribution in [0, 0.1) is 5.92 Å². The molecule has 0 aromatic heterocycles. The normalized spacial score (nSPS) is 33.6. The van der Waals surface area contributed by atoms with Gasteiger partial charge in [0.1, 0.15) is 0 Å². The van der Waals surface area contributed by atoms with Gasteiger partial charge < -0.3 is 20.3 Å². The molecule has 3 rings (SSSR count). The first-order chi connectivity index (χ1) is 10.8. The van der Waals surface area contributed by atoms with E-state index in [-0.39, 0.29) is 11.9 Å². The highest BCUT2D eigenvalue weighted by molar-refractivity contribution is 5.82. The molecular weight excluding hydrogens is 278 g/mol. The van der Waals surface area contributed by atoms with Gasteiger partial charge in [-0.15, -0.1) is 0 Å². The van der Waals surface area contributed by atoms with Crippen molar-refractivity contribution in [1.29, 1.82) is 0 Å². The molecule has 0 aromatic rings. The Morgan fingerprint density at radius 3 is 2.73 bits per heavy atom. The summed E-state index contributed by atoms with van der Waals surface area (Å²) in [6, 6.07) is 1.01. The number of hydrogen-bond acceptors (Lipinski definition) is 4. The highest BCUT2D eigenvalue weighted by atomic mass is 16.5. The summed E-state index contributed by atoms with van der Waals surface area (Å²) in [6.45, 7) is 3.94. The average molecular weight is 309 g/mol. The summed E-state index contributed by atoms with van der Waals surface area (Å²) in [5.74, 6) is 0.977. The van der Waals surface area contributed by atoms with Crippen molar-refractivity contribution in [3.63, 3.8) is 0 Å². The maximum absolute atomic E-state index is 12.5. The lowest BCUT2D eigenvalue weighted by molar-refractivity contribution is -0.123. The molecule has 1 saturated carbocycles. The van der Waals surface area contributed by atoms with Crippen LogP contribution in [-0.2, 0) is 9.53 Å². The van der Waals surface area contributed by atoms with Crippen molar-refractivity contribution in [3.05, 3.63) is 0 Å². The molecule has 3 fully saturated rings. The third-order valence-corrected chi connectivity index (χ3v) is 5.72. The molecule has 3 atom stereocenters. The van der Waals surface area contributed by atoms with E-state index >= 15 is 0 Å². The summed E-state index contributed by atoms with van der Waals surface area (Å²) in [5.41, 5.74) is 0. The largest absolute Gasteiger partial charge is 0.383 e. The van der Waals surface area contributed by atoms with Crippen molar-refractivity contribution in [2.45, 2.75) is 63.1 Å². The van der Waals surface area contributed by atoms with Crippen LogP contribution in [0.25, 0.3) is 0 Å². The Morgan fingerprint density at radius 2 is 2.00 bits per heavy atom. The van der Waals surface area contributed by atoms with Gasteiger partial charge in [-0.1, -0.05) is 12.8 Å². The minimum absolute atomic E-state index is 0.0552. The van der Waals surface area contributed by atoms with Gasteiger partial charge in [-0.2, -0.15) is 0 Å². The Hall–Kier alpha value is -0.650. The van der Waals surface area contributed by atoms with E-state index < -0.39 is 0 Å². The van der Waals surface area contributed by atoms with E-state index in [2.05, 4.69) is 15.5 Å². The maximum atomic E-state index is 12.5. The van der Waals surface area contributed by atoms with Crippen molar-refractivity contribution >= 4 is 5.91 Å². The number of carbonyl (C=O) groups excluding carboxylic acids is 1. The SMILES string of the molecule is COCCN1CCC(NC(=O)C2CC3CCCCC3N2)CC1. The van der Waals surface area contributed by atoms with Crippen LogP contribution >= 0.6 is 0 Å². The van der Waals surface area contributed by atoms with Gasteiger partial charge in [0.25, 0.3) is 0 Å². The van der Waals surface area contributed by atoms with Gasteiger partial charge in [-0.05, 0) is 38.0 Å². The highest BCUT2D eigenvalue weighted by Gasteiger charge is 2.38. The highest BCUT2D eigenvalue weighted by Crippen LogP contribution is 2.33. The number of carbonyl (C=O) groups is 1. The molecular formula is C17H31N3O2. The molecule has 3 unspecified atom stereocenters. The second-order valence-corrected chi connectivity index (χ2v) is 7.22. The third-order valence-electron chi connectivity index (χ3n) is 5.72. The predicted octanol–water partition coefficient (Wildman–Crippen LogP) is 1.13. The number of ether oxygens (including phenoxy) is 1. The fraction of sp³-hybridized carbons (Fsp3) is 0.941. The van der Waals surface area contributed by atoms with Crippen LogP contribution in [0.2, 0.25) is 0 Å². The fourth-order valence-corrected chi connectivity index (χ4v) is 4.34. The molecule has 126 valence electrons. The first kappa shape index (κ1) is 16.2. The molecule has 1 aliphatic carbocycles. The van der Waals surface area contributed by atoms with Crippen molar-refractivity contribution in [2.75, 3.05) is 33.4 Å². The molecule has 5 heteroatoms. The summed E-state index contributed by atoms with van der Waals surface area (Å²) in [6.07, 6.45) is 8.40. The molecule has 22 heavy (non-hydrogen) atoms. The van der Waals surface area contributed by atoms with Crippen LogP contribution in [0.1, 0.15) is 44.9 Å². The fourth-order valence-electron chi connectivity index (χ4n) is 4.34. The number of fused-ring (bicyclic) bond motifs is 1. The van der Waals surface area contributed by atoms with Gasteiger partial charge in [0.2, 0.25) is 5.91 Å². The number of amides is 1. The number of nitrogens with zero attached hydrogens (tertiary/aromatic N) is 1. The zero-order chi connectivity index (χ0) is 15.4. The van der Waals surface area contributed by atoms with Gasteiger partial charge in [0, 0.05) is 38.8 Å². The standard InChI is InChI=1S/C17H31N3O2/c1-22-11-10-20-8-6-14(7-9-20)18-17(21)16-12-13-4-2-3-5-15(13)19-16/h13-16,19H,2-12H2,1H3,(H,18,21). The topological polar surface area (TPSA) is 53.6 Å². The lowest BCUT2D eigenvalue weighted by Crippen LogP contribution is -2.50. The molecule has 0 bridgehead atoms. The van der Waals surface area contributed by atoms with Crippen molar-refractivity contribution in [1.82, 2.24) is 15.5 Å². The van der Waals surface area contributed by atoms with Gasteiger partial charge in [0.05, 0.1) is 12.6 Å². The number of hydrogen-bond donors (Lipinski definition) is 2. The van der Waals surface area contributed by atoms with Crippen LogP contribution < -0.4 is 10.6 Å². The molecule has 2 saturated heterocycles. The third kappa shape index (κ3) is 4.00. The van der Waals surface area contributed by atoms with Crippen molar-refractivity contribution in [3.8, 4) is 0 Å². The molecule has 0 aromatic carbocycles. The van der Waals surface area contributed by atoms with Crippen molar-refractivity contribution < 1.29 is 9.53 Å². The molecule has 1 amide bonds. The van der Waals surface area contributed by atoms with Crippen LogP contribution in [0.4, 0.5) is 0 Å². The summed E-state index contributed by atoms with van der Waals surface area (Å²) < 4.78 is 5.13. The van der Waals surface area contributed by atoms with Crippen LogP contribution in [0.3, 0.4) is 0 Å². The molecule has 2 aliphatic heterocycles. The number of piperidine rings is 1. The minimum atomic E-state index is 0.0552. The van der Waals surface area contributed by atoms with Crippen LogP contribution in [-0.4, -0.2) is 62.3 Å². The second kappa shape index (κ2) is 7.75. The molecule has 5 nitrogen and oxygen atoms in total. The van der Waals surface area contributed by atoms with E-state index in [4.69, 9.17) is 4.74 Å². The zero-order valence-electron chi connectivity index (χ0n) is 13.9. The molecule has 2 heterocycles. The van der Waals surface area contributed by atoms with E-state index in [1.54, 1.807) is 7.11 Å². The number of likely N-dealkylation sites (tertiary alicyclic amines) is 1. The van der Waals surface area contributed by atoms with E-state index in [0.29, 0.717) is 12.1 Å². The summed E-state index contributed by atoms with van der Waals surface area (Å²) in [7, 11) is 1.75. The van der Waals surface area contributed by atoms with Crippen LogP contribution in [0.15, 0.2) is 0 Å². The first-order valence-electron chi connectivity index (χ1n) is 9.04. The Morgan fingerprint density at radius 1 is 1.23 bits per heavy atom. The van der Waals surface area contributed by atoms with Gasteiger partial charge >= 0.3 is 0 Å². The lowest BCUT2D eigenvalue weighted by atomic mass is 9.85. The molecule has 0 spiro atoms. The average Bonchev–Trinajstić information content (AvgIpc) is 2.98. The van der Waals surface area contributed by atoms with E-state index in [9.17, 15) is 4.79 Å². The maximum Gasteiger partial charge on any atom is 0.237 e. The van der Waals surface area contributed by atoms with Gasteiger partial charge in [-0.3, -0.25) is 4.79 Å². The van der Waals surface area contributed by atoms with Crippen molar-refractivity contribution in [2.24, 2.45) is 5.92 Å². The first-order valence-corrected chi connectivity index (χ1v) is 9.04. The van der Waals surface area contributed by atoms with E-state index in [1.165, 1.54) is 25.7 Å². The van der Waals surface area contributed by atoms with Gasteiger partial charge in [-0.25, -0.2) is 0 Å². The Kier molecular flexibility index (Phi) is 5.71. The molecule has 3 aliphatic rings. The van der Waals surface area contributed by atoms with Gasteiger partial charge in [0.15, 0.2) is 0 Å². The smallest absolute Gasteiger partial charge is 0.237 e. The summed E-state index contributed by atoms with van der Waals surface area (Å²) >= 11 is 0. The second-order valence-electron chi connectivity index (χ2n) is 7.22. The summed E-state index contributed by atoms with van der Waals surface area (Å²) in [4.78, 5) is 14.9. The molecule has 0 radical (unpaired) electrons. The Labute approximate surface area is 134 Å². The summed E-state index contributed by atoms with van der Waals surface area (Å²) in [5, 5.41) is 6.87. The Balaban J connectivity index is 1.39. The van der Waals surface area contributed by atoms with E-state index in [1.807, 2.05) is 0 Å². The number of nitrogens with one attached hydrogen (secondary N) is 2. The Bertz CT molecular complexity index is 355. The lowest BCUT2D eigenvalue weighted by Gasteiger charge is -2.32. The minimum Gasteiger partial charge on any atom is -0.383 e. The molecule has 2 N–H and O–H groups in total. The monoisotopic (exact) mass is 309 g/mol. The van der Waals surface area contributed by atoms with Crippen LogP contribution in [0.5, 0.6) is 0 Å². The number of rotatable bonds is 5. The van der Waals surface area contributed by atoms with E-state index in [0.717, 1.165) is 51.4 Å². The quantitative estimate of drug-likeness (QED) is 0.799. The predicted molar refractivity (Wildman–Crippen MR) is 86.8 cm³/mol. The number of methoxy groups -OCH3 is 1. The zero-order valence-corrected chi connectivity index (χ0v) is 13.9.